The van der Waals surface area contributed by atoms with E-state index in [4.69, 9.17) is 4.74 Å². The van der Waals surface area contributed by atoms with Crippen molar-refractivity contribution in [3.63, 3.8) is 0 Å². The summed E-state index contributed by atoms with van der Waals surface area (Å²) in [6.07, 6.45) is 9.98. The minimum Gasteiger partial charge on any atom is -0.479 e. The maximum atomic E-state index is 4.69. The summed E-state index contributed by atoms with van der Waals surface area (Å²) in [6.45, 7) is 1.25. The number of hydrogen-bond acceptors (Lipinski definition) is 4. The van der Waals surface area contributed by atoms with Crippen molar-refractivity contribution in [3.8, 4) is 0 Å². The first kappa shape index (κ1) is 8.52. The van der Waals surface area contributed by atoms with Gasteiger partial charge in [0, 0.05) is 6.21 Å². The van der Waals surface area contributed by atoms with Gasteiger partial charge >= 0.3 is 0 Å². The summed E-state index contributed by atoms with van der Waals surface area (Å²) in [5.74, 6) is 0. The lowest BCUT2D eigenvalue weighted by atomic mass is 10.6. The summed E-state index contributed by atoms with van der Waals surface area (Å²) < 4.78 is 9.29. The molecule has 0 saturated carbocycles. The molecular weight excluding hydrogens is 156 g/mol. The molecule has 2 rings (SSSR count). The molecule has 2 aliphatic rings. The molecule has 0 radical (unpaired) electrons. The second kappa shape index (κ2) is 6.15. The van der Waals surface area contributed by atoms with E-state index in [1.165, 1.54) is 6.40 Å². The van der Waals surface area contributed by atoms with Crippen LogP contribution in [0.15, 0.2) is 34.7 Å². The fraction of sp³-hybridized carbons (Fsp3) is 0.250. The summed E-state index contributed by atoms with van der Waals surface area (Å²) in [4.78, 5) is 7.49. The van der Waals surface area contributed by atoms with Crippen molar-refractivity contribution in [1.29, 1.82) is 0 Å². The number of aliphatic imine (C=N–C) groups is 2. The van der Waals surface area contributed by atoms with E-state index in [9.17, 15) is 0 Å². The number of nitrogens with zero attached hydrogens (tertiary/aromatic N) is 2. The van der Waals surface area contributed by atoms with Crippen molar-refractivity contribution in [2.45, 2.75) is 0 Å². The lowest BCUT2D eigenvalue weighted by Crippen LogP contribution is -1.86. The molecule has 0 unspecified atom stereocenters. The highest BCUT2D eigenvalue weighted by atomic mass is 16.5. The third-order valence-corrected chi connectivity index (χ3v) is 1.04. The van der Waals surface area contributed by atoms with Crippen LogP contribution < -0.4 is 0 Å². The van der Waals surface area contributed by atoms with Crippen LogP contribution in [-0.4, -0.2) is 25.9 Å². The van der Waals surface area contributed by atoms with Crippen LogP contribution in [0.3, 0.4) is 0 Å². The van der Waals surface area contributed by atoms with Gasteiger partial charge in [0.2, 0.25) is 0 Å². The van der Waals surface area contributed by atoms with Crippen LogP contribution in [-0.2, 0) is 9.47 Å². The molecule has 0 aromatic rings. The summed E-state index contributed by atoms with van der Waals surface area (Å²) in [6, 6.07) is 0. The van der Waals surface area contributed by atoms with Gasteiger partial charge in [-0.2, -0.15) is 0 Å². The average Bonchev–Trinajstić information content (AvgIpc) is 2.24. The van der Waals surface area contributed by atoms with Gasteiger partial charge in [0.05, 0.1) is 19.1 Å². The van der Waals surface area contributed by atoms with E-state index in [0.717, 1.165) is 6.54 Å². The molecule has 2 aliphatic heterocycles. The Hall–Kier alpha value is -1.58. The molecule has 0 bridgehead atoms. The predicted molar refractivity (Wildman–Crippen MR) is 47.2 cm³/mol. The van der Waals surface area contributed by atoms with Crippen molar-refractivity contribution < 1.29 is 9.47 Å². The molecule has 0 aromatic carbocycles. The third kappa shape index (κ3) is 4.27. The largest absolute Gasteiger partial charge is 0.479 e. The summed E-state index contributed by atoms with van der Waals surface area (Å²) in [5.41, 5.74) is 0. The molecular formula is C8H10N2O2. The van der Waals surface area contributed by atoms with Crippen LogP contribution in [0, 0.1) is 0 Å². The standard InChI is InChI=1S/2C4H5NO/c2*1-2-5-4-6-3-1/h1,3-4H,2H2;1-3H,4H2. The fourth-order valence-corrected chi connectivity index (χ4v) is 0.561. The van der Waals surface area contributed by atoms with Gasteiger partial charge in [-0.3, -0.25) is 9.98 Å². The molecule has 0 fully saturated rings. The normalized spacial score (nSPS) is 17.3. The highest BCUT2D eigenvalue weighted by Gasteiger charge is 1.76. The van der Waals surface area contributed by atoms with Crippen molar-refractivity contribution in [2.24, 2.45) is 9.98 Å². The molecule has 0 aliphatic carbocycles. The first-order valence-electron chi connectivity index (χ1n) is 3.55. The molecule has 12 heavy (non-hydrogen) atoms. The lowest BCUT2D eigenvalue weighted by Gasteiger charge is -1.94. The first-order chi connectivity index (χ1) is 6.00. The summed E-state index contributed by atoms with van der Waals surface area (Å²) in [7, 11) is 0. The van der Waals surface area contributed by atoms with Crippen LogP contribution in [0.2, 0.25) is 0 Å². The van der Waals surface area contributed by atoms with E-state index in [0.29, 0.717) is 6.73 Å². The number of rotatable bonds is 0. The van der Waals surface area contributed by atoms with Crippen molar-refractivity contribution in [1.82, 2.24) is 0 Å². The van der Waals surface area contributed by atoms with Gasteiger partial charge in [-0.25, -0.2) is 0 Å². The fourth-order valence-electron chi connectivity index (χ4n) is 0.561. The van der Waals surface area contributed by atoms with Crippen molar-refractivity contribution in [3.05, 3.63) is 24.7 Å². The second-order valence-electron chi connectivity index (χ2n) is 1.93. The molecule has 64 valence electrons. The zero-order valence-electron chi connectivity index (χ0n) is 6.59. The Morgan fingerprint density at radius 2 is 2.17 bits per heavy atom. The van der Waals surface area contributed by atoms with E-state index in [2.05, 4.69) is 14.7 Å². The Labute approximate surface area is 70.9 Å². The summed E-state index contributed by atoms with van der Waals surface area (Å²) in [5, 5.41) is 0. The Kier molecular flexibility index (Phi) is 4.37. The topological polar surface area (TPSA) is 43.2 Å². The van der Waals surface area contributed by atoms with Crippen molar-refractivity contribution >= 4 is 12.6 Å². The Bertz CT molecular complexity index is 187. The molecule has 0 atom stereocenters. The van der Waals surface area contributed by atoms with Gasteiger partial charge in [0.15, 0.2) is 13.1 Å². The van der Waals surface area contributed by atoms with Gasteiger partial charge < -0.3 is 9.47 Å². The predicted octanol–water partition coefficient (Wildman–Crippen LogP) is 1.12. The van der Waals surface area contributed by atoms with E-state index in [1.54, 1.807) is 24.8 Å². The molecule has 0 N–H and O–H groups in total. The van der Waals surface area contributed by atoms with Gasteiger partial charge in [-0.05, 0) is 12.2 Å². The van der Waals surface area contributed by atoms with Gasteiger partial charge in [0.25, 0.3) is 0 Å². The van der Waals surface area contributed by atoms with Crippen LogP contribution in [0.4, 0.5) is 0 Å². The zero-order chi connectivity index (χ0) is 8.49. The maximum absolute atomic E-state index is 4.69. The lowest BCUT2D eigenvalue weighted by molar-refractivity contribution is 0.259. The zero-order valence-corrected chi connectivity index (χ0v) is 6.59. The van der Waals surface area contributed by atoms with Gasteiger partial charge in [0.1, 0.15) is 0 Å². The molecule has 4 heteroatoms. The van der Waals surface area contributed by atoms with E-state index in [1.807, 2.05) is 6.08 Å². The van der Waals surface area contributed by atoms with Gasteiger partial charge in [-0.15, -0.1) is 0 Å². The number of ether oxygens (including phenoxy) is 2. The molecule has 0 spiro atoms. The smallest absolute Gasteiger partial charge is 0.178 e. The quantitative estimate of drug-likeness (QED) is 0.541. The molecule has 0 aromatic heterocycles. The first-order valence-corrected chi connectivity index (χ1v) is 3.55. The van der Waals surface area contributed by atoms with E-state index < -0.39 is 0 Å². The SMILES string of the molecule is C1=COC=NC1.C1=COCN=C1. The minimum atomic E-state index is 0.483. The van der Waals surface area contributed by atoms with Gasteiger partial charge in [-0.1, -0.05) is 0 Å². The Morgan fingerprint density at radius 1 is 1.17 bits per heavy atom. The summed E-state index contributed by atoms with van der Waals surface area (Å²) >= 11 is 0. The van der Waals surface area contributed by atoms with E-state index in [-0.39, 0.29) is 0 Å². The molecule has 0 saturated heterocycles. The second-order valence-corrected chi connectivity index (χ2v) is 1.93. The Morgan fingerprint density at radius 3 is 2.33 bits per heavy atom. The van der Waals surface area contributed by atoms with E-state index >= 15 is 0 Å². The van der Waals surface area contributed by atoms with Crippen molar-refractivity contribution in [2.75, 3.05) is 13.3 Å². The third-order valence-electron chi connectivity index (χ3n) is 1.04. The Balaban J connectivity index is 0.000000120. The van der Waals surface area contributed by atoms with Crippen LogP contribution in [0.25, 0.3) is 0 Å². The van der Waals surface area contributed by atoms with Crippen LogP contribution in [0.5, 0.6) is 0 Å². The number of allylic oxidation sites excluding steroid dienone is 1. The van der Waals surface area contributed by atoms with Crippen LogP contribution in [0.1, 0.15) is 0 Å². The molecule has 4 nitrogen and oxygen atoms in total. The monoisotopic (exact) mass is 166 g/mol. The highest BCUT2D eigenvalue weighted by Crippen LogP contribution is 1.82. The number of hydrogen-bond donors (Lipinski definition) is 0. The maximum Gasteiger partial charge on any atom is 0.178 e. The molecule has 0 amide bonds. The highest BCUT2D eigenvalue weighted by molar-refractivity contribution is 5.70. The molecule has 2 heterocycles. The minimum absolute atomic E-state index is 0.483. The van der Waals surface area contributed by atoms with Crippen LogP contribution >= 0.6 is 0 Å². The average molecular weight is 166 g/mol.